The molecule has 27 heavy (non-hydrogen) atoms. The van der Waals surface area contributed by atoms with Gasteiger partial charge in [0.05, 0.1) is 25.8 Å². The van der Waals surface area contributed by atoms with Crippen molar-refractivity contribution in [2.24, 2.45) is 0 Å². The smallest absolute Gasteiger partial charge is 0.227 e. The number of methoxy groups -OCH3 is 1. The van der Waals surface area contributed by atoms with Gasteiger partial charge < -0.3 is 19.4 Å². The number of nitrogens with one attached hydrogen (secondary N) is 1. The first-order chi connectivity index (χ1) is 13.2. The zero-order chi connectivity index (χ0) is 18.8. The van der Waals surface area contributed by atoms with Gasteiger partial charge in [-0.1, -0.05) is 29.8 Å². The molecule has 0 saturated carbocycles. The number of carbonyl (C=O) groups excluding carboxylic acids is 1. The van der Waals surface area contributed by atoms with Gasteiger partial charge in [-0.15, -0.1) is 0 Å². The van der Waals surface area contributed by atoms with Crippen molar-refractivity contribution in [3.05, 3.63) is 64.9 Å². The lowest BCUT2D eigenvalue weighted by Crippen LogP contribution is -2.49. The Morgan fingerprint density at radius 1 is 1.33 bits per heavy atom. The minimum absolute atomic E-state index is 0.0694. The van der Waals surface area contributed by atoms with Crippen molar-refractivity contribution >= 4 is 28.5 Å². The van der Waals surface area contributed by atoms with Crippen LogP contribution >= 0.6 is 11.6 Å². The van der Waals surface area contributed by atoms with Gasteiger partial charge in [0, 0.05) is 41.7 Å². The van der Waals surface area contributed by atoms with Gasteiger partial charge in [0.15, 0.2) is 0 Å². The van der Waals surface area contributed by atoms with E-state index >= 15 is 0 Å². The predicted octanol–water partition coefficient (Wildman–Crippen LogP) is 3.81. The van der Waals surface area contributed by atoms with Crippen LogP contribution in [0.4, 0.5) is 0 Å². The van der Waals surface area contributed by atoms with E-state index < -0.39 is 0 Å². The average molecular weight is 385 g/mol. The van der Waals surface area contributed by atoms with Crippen LogP contribution in [0.15, 0.2) is 53.1 Å². The molecule has 1 aromatic heterocycles. The molecule has 0 bridgehead atoms. The van der Waals surface area contributed by atoms with E-state index in [2.05, 4.69) is 5.32 Å². The lowest BCUT2D eigenvalue weighted by molar-refractivity contribution is -0.133. The van der Waals surface area contributed by atoms with Crippen LogP contribution in [-0.2, 0) is 11.2 Å². The van der Waals surface area contributed by atoms with Gasteiger partial charge in [-0.25, -0.2) is 0 Å². The van der Waals surface area contributed by atoms with Crippen molar-refractivity contribution in [2.45, 2.75) is 12.5 Å². The highest BCUT2D eigenvalue weighted by molar-refractivity contribution is 6.31. The maximum atomic E-state index is 13.1. The minimum Gasteiger partial charge on any atom is -0.497 e. The summed E-state index contributed by atoms with van der Waals surface area (Å²) in [5.41, 5.74) is 2.58. The molecule has 140 valence electrons. The topological polar surface area (TPSA) is 54.7 Å². The summed E-state index contributed by atoms with van der Waals surface area (Å²) in [6.45, 7) is 2.12. The number of benzene rings is 2. The Hall–Kier alpha value is -2.50. The Labute approximate surface area is 162 Å². The third-order valence-electron chi connectivity index (χ3n) is 5.03. The number of hydrogen-bond acceptors (Lipinski definition) is 4. The van der Waals surface area contributed by atoms with Gasteiger partial charge in [0.25, 0.3) is 0 Å². The van der Waals surface area contributed by atoms with Crippen LogP contribution in [0.1, 0.15) is 17.2 Å². The van der Waals surface area contributed by atoms with E-state index in [0.717, 1.165) is 34.4 Å². The van der Waals surface area contributed by atoms with Gasteiger partial charge in [-0.3, -0.25) is 4.79 Å². The number of ether oxygens (including phenoxy) is 1. The maximum absolute atomic E-state index is 13.1. The number of hydrogen-bond donors (Lipinski definition) is 1. The Morgan fingerprint density at radius 3 is 3.00 bits per heavy atom. The molecule has 1 saturated heterocycles. The number of rotatable bonds is 4. The maximum Gasteiger partial charge on any atom is 0.227 e. The Morgan fingerprint density at radius 2 is 2.19 bits per heavy atom. The van der Waals surface area contributed by atoms with Crippen molar-refractivity contribution in [3.8, 4) is 5.75 Å². The van der Waals surface area contributed by atoms with Gasteiger partial charge in [-0.2, -0.15) is 0 Å². The van der Waals surface area contributed by atoms with Crippen LogP contribution in [0.2, 0.25) is 5.02 Å². The van der Waals surface area contributed by atoms with Crippen molar-refractivity contribution in [3.63, 3.8) is 0 Å². The summed E-state index contributed by atoms with van der Waals surface area (Å²) >= 11 is 6.38. The van der Waals surface area contributed by atoms with Crippen molar-refractivity contribution < 1.29 is 13.9 Å². The molecule has 1 aliphatic rings. The van der Waals surface area contributed by atoms with E-state index in [1.54, 1.807) is 13.4 Å². The molecule has 2 aromatic carbocycles. The summed E-state index contributed by atoms with van der Waals surface area (Å²) in [7, 11) is 1.62. The second-order valence-corrected chi connectivity index (χ2v) is 7.04. The summed E-state index contributed by atoms with van der Waals surface area (Å²) in [4.78, 5) is 15.0. The van der Waals surface area contributed by atoms with Gasteiger partial charge >= 0.3 is 0 Å². The normalized spacial score (nSPS) is 17.3. The summed E-state index contributed by atoms with van der Waals surface area (Å²) in [5.74, 6) is 0.801. The molecule has 0 radical (unpaired) electrons. The number of furan rings is 1. The Balaban J connectivity index is 1.59. The number of fused-ring (bicyclic) bond motifs is 1. The zero-order valence-electron chi connectivity index (χ0n) is 15.1. The van der Waals surface area contributed by atoms with Crippen molar-refractivity contribution in [1.82, 2.24) is 10.2 Å². The molecular formula is C21H21ClN2O3. The van der Waals surface area contributed by atoms with Crippen molar-refractivity contribution in [2.75, 3.05) is 26.7 Å². The van der Waals surface area contributed by atoms with Gasteiger partial charge in [-0.05, 0) is 23.8 Å². The molecule has 0 aliphatic carbocycles. The number of nitrogens with zero attached hydrogens (tertiary/aromatic N) is 1. The van der Waals surface area contributed by atoms with E-state index in [-0.39, 0.29) is 11.9 Å². The molecule has 1 aliphatic heterocycles. The van der Waals surface area contributed by atoms with E-state index in [1.807, 2.05) is 47.4 Å². The second kappa shape index (κ2) is 7.62. The largest absolute Gasteiger partial charge is 0.497 e. The monoisotopic (exact) mass is 384 g/mol. The lowest BCUT2D eigenvalue weighted by atomic mass is 10.0. The number of halogens is 1. The molecule has 1 fully saturated rings. The first-order valence-electron chi connectivity index (χ1n) is 8.96. The summed E-state index contributed by atoms with van der Waals surface area (Å²) in [5, 5.41) is 4.99. The van der Waals surface area contributed by atoms with Gasteiger partial charge in [0.2, 0.25) is 5.91 Å². The van der Waals surface area contributed by atoms with Crippen LogP contribution in [-0.4, -0.2) is 37.6 Å². The van der Waals surface area contributed by atoms with Gasteiger partial charge in [0.1, 0.15) is 11.3 Å². The summed E-state index contributed by atoms with van der Waals surface area (Å²) in [6, 6.07) is 13.3. The molecule has 1 unspecified atom stereocenters. The standard InChI is InChI=1S/C21H21ClN2O3/c1-26-15-6-7-16-14(13-27-20(16)11-15)10-21(25)24-9-8-23-12-19(24)17-4-2-3-5-18(17)22/h2-7,11,13,19,23H,8-10,12H2,1H3. The molecule has 5 nitrogen and oxygen atoms in total. The highest BCUT2D eigenvalue weighted by Crippen LogP contribution is 2.30. The van der Waals surface area contributed by atoms with E-state index in [0.29, 0.717) is 24.5 Å². The van der Waals surface area contributed by atoms with Crippen molar-refractivity contribution in [1.29, 1.82) is 0 Å². The Kier molecular flexibility index (Phi) is 5.05. The number of carbonyl (C=O) groups is 1. The van der Waals surface area contributed by atoms with Crippen LogP contribution in [0.3, 0.4) is 0 Å². The lowest BCUT2D eigenvalue weighted by Gasteiger charge is -2.37. The van der Waals surface area contributed by atoms with Crippen LogP contribution in [0.5, 0.6) is 5.75 Å². The fourth-order valence-corrected chi connectivity index (χ4v) is 3.88. The summed E-state index contributed by atoms with van der Waals surface area (Å²) in [6.07, 6.45) is 1.95. The molecule has 0 spiro atoms. The molecule has 2 heterocycles. The SMILES string of the molecule is COc1ccc2c(CC(=O)N3CCNCC3c3ccccc3Cl)coc2c1. The zero-order valence-corrected chi connectivity index (χ0v) is 15.8. The number of amides is 1. The first kappa shape index (κ1) is 17.9. The molecular weight excluding hydrogens is 364 g/mol. The third kappa shape index (κ3) is 3.53. The number of piperazine rings is 1. The predicted molar refractivity (Wildman–Crippen MR) is 105 cm³/mol. The summed E-state index contributed by atoms with van der Waals surface area (Å²) < 4.78 is 10.9. The molecule has 6 heteroatoms. The fraction of sp³-hybridized carbons (Fsp3) is 0.286. The van der Waals surface area contributed by atoms with Crippen LogP contribution in [0.25, 0.3) is 11.0 Å². The molecule has 3 aromatic rings. The quantitative estimate of drug-likeness (QED) is 0.743. The second-order valence-electron chi connectivity index (χ2n) is 6.63. The van der Waals surface area contributed by atoms with E-state index in [1.165, 1.54) is 0 Å². The third-order valence-corrected chi connectivity index (χ3v) is 5.38. The van der Waals surface area contributed by atoms with Crippen LogP contribution in [0, 0.1) is 0 Å². The Bertz CT molecular complexity index is 969. The highest BCUT2D eigenvalue weighted by Gasteiger charge is 2.29. The fourth-order valence-electron chi connectivity index (χ4n) is 3.62. The molecule has 1 atom stereocenters. The average Bonchev–Trinajstić information content (AvgIpc) is 3.10. The first-order valence-corrected chi connectivity index (χ1v) is 9.34. The molecule has 4 rings (SSSR count). The highest BCUT2D eigenvalue weighted by atomic mass is 35.5. The van der Waals surface area contributed by atoms with E-state index in [9.17, 15) is 4.79 Å². The molecule has 1 amide bonds. The van der Waals surface area contributed by atoms with Crippen LogP contribution < -0.4 is 10.1 Å². The van der Waals surface area contributed by atoms with E-state index in [4.69, 9.17) is 20.8 Å². The minimum atomic E-state index is -0.0711. The molecule has 1 N–H and O–H groups in total.